The Labute approximate surface area is 129 Å². The molecule has 1 heterocycles. The monoisotopic (exact) mass is 303 g/mol. The Kier molecular flexibility index (Phi) is 5.35. The minimum atomic E-state index is -0.0836. The van der Waals surface area contributed by atoms with Crippen molar-refractivity contribution in [3.63, 3.8) is 0 Å². The maximum absolute atomic E-state index is 11.9. The van der Waals surface area contributed by atoms with Gasteiger partial charge in [0, 0.05) is 13.1 Å². The largest absolute Gasteiger partial charge is 0.484 e. The number of hydrogen-bond acceptors (Lipinski definition) is 4. The molecule has 0 saturated carbocycles. The molecule has 7 heteroatoms. The number of ether oxygens (including phenoxy) is 1. The van der Waals surface area contributed by atoms with Gasteiger partial charge >= 0.3 is 0 Å². The third kappa shape index (κ3) is 4.47. The van der Waals surface area contributed by atoms with E-state index < -0.39 is 0 Å². The van der Waals surface area contributed by atoms with Gasteiger partial charge in [-0.05, 0) is 49.6 Å². The highest BCUT2D eigenvalue weighted by molar-refractivity contribution is 5.99. The minimum Gasteiger partial charge on any atom is -0.484 e. The van der Waals surface area contributed by atoms with Crippen molar-refractivity contribution in [2.75, 3.05) is 19.7 Å². The number of likely N-dealkylation sites (tertiary alicyclic amines) is 1. The van der Waals surface area contributed by atoms with Crippen molar-refractivity contribution < 1.29 is 9.53 Å². The van der Waals surface area contributed by atoms with Crippen molar-refractivity contribution in [3.05, 3.63) is 29.8 Å². The first-order valence-corrected chi connectivity index (χ1v) is 7.20. The molecule has 0 spiro atoms. The fraction of sp³-hybridized carbons (Fsp3) is 0.400. The average molecular weight is 303 g/mol. The van der Waals surface area contributed by atoms with Gasteiger partial charge in [0.25, 0.3) is 5.91 Å². The molecule has 0 unspecified atom stereocenters. The summed E-state index contributed by atoms with van der Waals surface area (Å²) >= 11 is 0. The van der Waals surface area contributed by atoms with Gasteiger partial charge in [0.2, 0.25) is 5.96 Å². The fourth-order valence-electron chi connectivity index (χ4n) is 2.19. The van der Waals surface area contributed by atoms with Gasteiger partial charge < -0.3 is 21.1 Å². The molecule has 1 amide bonds. The minimum absolute atomic E-state index is 0.0343. The van der Waals surface area contributed by atoms with E-state index >= 15 is 0 Å². The summed E-state index contributed by atoms with van der Waals surface area (Å²) in [6.45, 7) is 3.54. The van der Waals surface area contributed by atoms with E-state index in [1.165, 1.54) is 0 Å². The number of hydrogen-bond donors (Lipinski definition) is 2. The van der Waals surface area contributed by atoms with Crippen molar-refractivity contribution in [1.82, 2.24) is 4.90 Å². The first-order chi connectivity index (χ1) is 10.6. The zero-order chi connectivity index (χ0) is 15.9. The molecule has 1 aromatic carbocycles. The lowest BCUT2D eigenvalue weighted by Gasteiger charge is -2.15. The molecule has 7 nitrogen and oxygen atoms in total. The van der Waals surface area contributed by atoms with Gasteiger partial charge in [0.1, 0.15) is 5.75 Å². The summed E-state index contributed by atoms with van der Waals surface area (Å²) in [6, 6.07) is 7.27. The highest BCUT2D eigenvalue weighted by Crippen LogP contribution is 2.14. The fourth-order valence-corrected chi connectivity index (χ4v) is 2.19. The Bertz CT molecular complexity index is 570. The lowest BCUT2D eigenvalue weighted by molar-refractivity contribution is -0.132. The highest BCUT2D eigenvalue weighted by Gasteiger charge is 2.17. The molecule has 2 rings (SSSR count). The Morgan fingerprint density at radius 1 is 1.18 bits per heavy atom. The zero-order valence-electron chi connectivity index (χ0n) is 12.7. The molecule has 0 aromatic heterocycles. The first-order valence-electron chi connectivity index (χ1n) is 7.20. The quantitative estimate of drug-likeness (QED) is 0.474. The summed E-state index contributed by atoms with van der Waals surface area (Å²) in [5, 5.41) is 7.51. The maximum atomic E-state index is 11.9. The van der Waals surface area contributed by atoms with Crippen molar-refractivity contribution in [1.29, 1.82) is 0 Å². The molecule has 118 valence electrons. The summed E-state index contributed by atoms with van der Waals surface area (Å²) < 4.78 is 5.51. The molecule has 0 bridgehead atoms. The number of carbonyl (C=O) groups excluding carboxylic acids is 1. The summed E-state index contributed by atoms with van der Waals surface area (Å²) in [6.07, 6.45) is 2.16. The molecule has 1 fully saturated rings. The van der Waals surface area contributed by atoms with E-state index in [1.807, 2.05) is 17.0 Å². The van der Waals surface area contributed by atoms with E-state index in [2.05, 4.69) is 10.2 Å². The van der Waals surface area contributed by atoms with Crippen LogP contribution in [0.4, 0.5) is 0 Å². The van der Waals surface area contributed by atoms with E-state index in [0.29, 0.717) is 11.5 Å². The molecule has 4 N–H and O–H groups in total. The Morgan fingerprint density at radius 2 is 1.82 bits per heavy atom. The SMILES string of the molecule is C/C(=N/N=C(N)N)c1ccc(OCC(=O)N2CCCC2)cc1. The molecule has 22 heavy (non-hydrogen) atoms. The summed E-state index contributed by atoms with van der Waals surface area (Å²) in [4.78, 5) is 13.7. The van der Waals surface area contributed by atoms with Gasteiger partial charge in [-0.3, -0.25) is 4.79 Å². The van der Waals surface area contributed by atoms with Crippen LogP contribution >= 0.6 is 0 Å². The van der Waals surface area contributed by atoms with Crippen molar-refractivity contribution in [2.24, 2.45) is 21.7 Å². The van der Waals surface area contributed by atoms with Crippen LogP contribution in [0.1, 0.15) is 25.3 Å². The van der Waals surface area contributed by atoms with Crippen molar-refractivity contribution in [3.8, 4) is 5.75 Å². The van der Waals surface area contributed by atoms with E-state index in [4.69, 9.17) is 16.2 Å². The van der Waals surface area contributed by atoms with Gasteiger partial charge in [-0.2, -0.15) is 5.10 Å². The Balaban J connectivity index is 1.90. The van der Waals surface area contributed by atoms with Gasteiger partial charge in [-0.25, -0.2) is 0 Å². The molecule has 0 radical (unpaired) electrons. The predicted octanol–water partition coefficient (Wildman–Crippen LogP) is 0.685. The number of amides is 1. The smallest absolute Gasteiger partial charge is 0.260 e. The molecular formula is C15H21N5O2. The van der Waals surface area contributed by atoms with Gasteiger partial charge in [0.05, 0.1) is 5.71 Å². The number of guanidine groups is 1. The van der Waals surface area contributed by atoms with E-state index in [9.17, 15) is 4.79 Å². The van der Waals surface area contributed by atoms with Crippen molar-refractivity contribution in [2.45, 2.75) is 19.8 Å². The zero-order valence-corrected chi connectivity index (χ0v) is 12.7. The van der Waals surface area contributed by atoms with Gasteiger partial charge in [0.15, 0.2) is 6.61 Å². The lowest BCUT2D eigenvalue weighted by atomic mass is 10.1. The predicted molar refractivity (Wildman–Crippen MR) is 85.8 cm³/mol. The van der Waals surface area contributed by atoms with Crippen LogP contribution in [0.25, 0.3) is 0 Å². The summed E-state index contributed by atoms with van der Waals surface area (Å²) in [5.74, 6) is 0.595. The molecule has 1 aliphatic rings. The van der Waals surface area contributed by atoms with Gasteiger partial charge in [-0.1, -0.05) is 0 Å². The molecule has 1 saturated heterocycles. The van der Waals surface area contributed by atoms with E-state index in [-0.39, 0.29) is 18.5 Å². The van der Waals surface area contributed by atoms with Crippen LogP contribution < -0.4 is 16.2 Å². The van der Waals surface area contributed by atoms with Crippen LogP contribution in [-0.4, -0.2) is 42.2 Å². The molecule has 0 aliphatic carbocycles. The van der Waals surface area contributed by atoms with Crippen LogP contribution in [-0.2, 0) is 4.79 Å². The van der Waals surface area contributed by atoms with Crippen LogP contribution in [0, 0.1) is 0 Å². The van der Waals surface area contributed by atoms with Crippen LogP contribution in [0.15, 0.2) is 34.5 Å². The van der Waals surface area contributed by atoms with Crippen molar-refractivity contribution >= 4 is 17.6 Å². The third-order valence-electron chi connectivity index (χ3n) is 3.41. The number of nitrogens with two attached hydrogens (primary N) is 2. The van der Waals surface area contributed by atoms with Crippen LogP contribution in [0.2, 0.25) is 0 Å². The highest BCUT2D eigenvalue weighted by atomic mass is 16.5. The maximum Gasteiger partial charge on any atom is 0.260 e. The number of rotatable bonds is 5. The number of benzene rings is 1. The van der Waals surface area contributed by atoms with Crippen LogP contribution in [0.5, 0.6) is 5.75 Å². The molecule has 0 atom stereocenters. The number of nitrogens with zero attached hydrogens (tertiary/aromatic N) is 3. The topological polar surface area (TPSA) is 106 Å². The number of carbonyl (C=O) groups is 1. The second-order valence-corrected chi connectivity index (χ2v) is 5.11. The standard InChI is InChI=1S/C15H21N5O2/c1-11(18-19-15(16)17)12-4-6-13(7-5-12)22-10-14(21)20-8-2-3-9-20/h4-7H,2-3,8-10H2,1H3,(H4,16,17,19)/b18-11-. The van der Waals surface area contributed by atoms with Gasteiger partial charge in [-0.15, -0.1) is 5.10 Å². The second-order valence-electron chi connectivity index (χ2n) is 5.11. The normalized spacial score (nSPS) is 14.8. The Morgan fingerprint density at radius 3 is 2.41 bits per heavy atom. The van der Waals surface area contributed by atoms with E-state index in [1.54, 1.807) is 19.1 Å². The van der Waals surface area contributed by atoms with Crippen LogP contribution in [0.3, 0.4) is 0 Å². The third-order valence-corrected chi connectivity index (χ3v) is 3.41. The van der Waals surface area contributed by atoms with E-state index in [0.717, 1.165) is 31.5 Å². The summed E-state index contributed by atoms with van der Waals surface area (Å²) in [7, 11) is 0. The second kappa shape index (κ2) is 7.44. The molecular weight excluding hydrogens is 282 g/mol. The first kappa shape index (κ1) is 15.8. The lowest BCUT2D eigenvalue weighted by Crippen LogP contribution is -2.32. The molecule has 1 aliphatic heterocycles. The molecule has 1 aromatic rings. The average Bonchev–Trinajstić information content (AvgIpc) is 3.05. The summed E-state index contributed by atoms with van der Waals surface area (Å²) in [5.41, 5.74) is 12.0. The Hall–Kier alpha value is -2.57.